The van der Waals surface area contributed by atoms with Crippen molar-refractivity contribution in [2.75, 3.05) is 6.61 Å². The molecule has 5 atom stereocenters. The van der Waals surface area contributed by atoms with Crippen LogP contribution in [-0.2, 0) is 15.9 Å². The lowest BCUT2D eigenvalue weighted by Crippen LogP contribution is -2.37. The molecule has 0 saturated carbocycles. The lowest BCUT2D eigenvalue weighted by molar-refractivity contribution is -0.113. The van der Waals surface area contributed by atoms with Crippen molar-refractivity contribution < 1.29 is 19.7 Å². The second-order valence-electron chi connectivity index (χ2n) is 7.28. The van der Waals surface area contributed by atoms with Crippen LogP contribution in [0.4, 0.5) is 0 Å². The maximum atomic E-state index is 10.8. The summed E-state index contributed by atoms with van der Waals surface area (Å²) in [5, 5.41) is 23.0. The Bertz CT molecular complexity index is 1040. The van der Waals surface area contributed by atoms with Crippen LogP contribution in [0.2, 0.25) is 5.02 Å². The Kier molecular flexibility index (Phi) is 4.37. The number of aryl methyl sites for hydroxylation is 1. The van der Waals surface area contributed by atoms with Gasteiger partial charge in [-0.25, -0.2) is 9.97 Å². The molecule has 1 aromatic carbocycles. The third-order valence-electron chi connectivity index (χ3n) is 5.64. The molecule has 2 aromatic heterocycles. The number of nitrogens with zero attached hydrogens (tertiary/aromatic N) is 3. The van der Waals surface area contributed by atoms with Crippen LogP contribution in [-0.4, -0.2) is 49.7 Å². The molecule has 0 spiro atoms. The van der Waals surface area contributed by atoms with Gasteiger partial charge in [0.25, 0.3) is 0 Å². The number of ether oxygens (including phenoxy) is 2. The van der Waals surface area contributed by atoms with Crippen LogP contribution in [0.15, 0.2) is 36.8 Å². The average molecular weight is 402 g/mol. The zero-order valence-electron chi connectivity index (χ0n) is 15.2. The maximum Gasteiger partial charge on any atom is 0.164 e. The first-order chi connectivity index (χ1) is 13.5. The van der Waals surface area contributed by atoms with Crippen molar-refractivity contribution in [2.45, 2.75) is 44.0 Å². The minimum absolute atomic E-state index is 0.478. The van der Waals surface area contributed by atoms with E-state index in [0.29, 0.717) is 17.3 Å². The van der Waals surface area contributed by atoms with Crippen LogP contribution in [0.5, 0.6) is 0 Å². The molecule has 28 heavy (non-hydrogen) atoms. The number of aromatic nitrogens is 3. The van der Waals surface area contributed by atoms with Crippen molar-refractivity contribution >= 4 is 22.6 Å². The molecule has 2 aliphatic rings. The van der Waals surface area contributed by atoms with Gasteiger partial charge in [0.1, 0.15) is 36.4 Å². The SMILES string of the molecule is Cc1ncnc2c1ccn2[C@H]1O[C@H]([C@@H]2OCCc3cc(Cl)ccc32)[C@@H](O)[C@H]1O. The van der Waals surface area contributed by atoms with Gasteiger partial charge in [-0.2, -0.15) is 0 Å². The molecule has 0 radical (unpaired) electrons. The first-order valence-corrected chi connectivity index (χ1v) is 9.62. The van der Waals surface area contributed by atoms with E-state index >= 15 is 0 Å². The Morgan fingerprint density at radius 1 is 1.18 bits per heavy atom. The summed E-state index contributed by atoms with van der Waals surface area (Å²) in [6.45, 7) is 2.40. The highest BCUT2D eigenvalue weighted by Crippen LogP contribution is 2.41. The van der Waals surface area contributed by atoms with Crippen LogP contribution in [0.1, 0.15) is 29.2 Å². The van der Waals surface area contributed by atoms with Gasteiger partial charge < -0.3 is 24.3 Å². The zero-order valence-corrected chi connectivity index (χ0v) is 16.0. The predicted molar refractivity (Wildman–Crippen MR) is 102 cm³/mol. The van der Waals surface area contributed by atoms with Gasteiger partial charge in [0.2, 0.25) is 0 Å². The quantitative estimate of drug-likeness (QED) is 0.685. The molecule has 0 unspecified atom stereocenters. The molecule has 2 aliphatic heterocycles. The van der Waals surface area contributed by atoms with E-state index in [1.807, 2.05) is 25.1 Å². The second kappa shape index (κ2) is 6.79. The number of hydrogen-bond donors (Lipinski definition) is 2. The summed E-state index contributed by atoms with van der Waals surface area (Å²) in [6, 6.07) is 7.51. The van der Waals surface area contributed by atoms with Gasteiger partial charge in [0.05, 0.1) is 12.3 Å². The standard InChI is InChI=1S/C20H20ClN3O4/c1-10-13-4-6-24(19(13)23-9-22-10)20-16(26)15(25)18(28-20)17-14-3-2-12(21)8-11(14)5-7-27-17/h2-4,6,8-9,15-18,20,25-26H,5,7H2,1H3/t15-,16+,17+,18-,20-/m0/s1. The number of aliphatic hydroxyl groups is 2. The summed E-state index contributed by atoms with van der Waals surface area (Å²) in [6.07, 6.45) is -0.144. The van der Waals surface area contributed by atoms with Gasteiger partial charge in [0.15, 0.2) is 6.23 Å². The topological polar surface area (TPSA) is 89.6 Å². The smallest absolute Gasteiger partial charge is 0.164 e. The number of rotatable bonds is 2. The van der Waals surface area contributed by atoms with Crippen molar-refractivity contribution in [1.29, 1.82) is 0 Å². The van der Waals surface area contributed by atoms with Crippen LogP contribution >= 0.6 is 11.6 Å². The fraction of sp³-hybridized carbons (Fsp3) is 0.400. The summed E-state index contributed by atoms with van der Waals surface area (Å²) in [4.78, 5) is 8.52. The fourth-order valence-electron chi connectivity index (χ4n) is 4.19. The summed E-state index contributed by atoms with van der Waals surface area (Å²) < 4.78 is 13.8. The predicted octanol–water partition coefficient (Wildman–Crippen LogP) is 2.33. The van der Waals surface area contributed by atoms with Gasteiger partial charge in [0, 0.05) is 16.6 Å². The van der Waals surface area contributed by atoms with Crippen LogP contribution in [0, 0.1) is 6.92 Å². The Labute approximate surface area is 166 Å². The van der Waals surface area contributed by atoms with Gasteiger partial charge in [-0.1, -0.05) is 17.7 Å². The van der Waals surface area contributed by atoms with E-state index in [0.717, 1.165) is 28.6 Å². The monoisotopic (exact) mass is 401 g/mol. The molecule has 2 N–H and O–H groups in total. The van der Waals surface area contributed by atoms with E-state index in [2.05, 4.69) is 9.97 Å². The first-order valence-electron chi connectivity index (χ1n) is 9.24. The minimum Gasteiger partial charge on any atom is -0.387 e. The third kappa shape index (κ3) is 2.74. The van der Waals surface area contributed by atoms with E-state index in [9.17, 15) is 10.2 Å². The van der Waals surface area contributed by atoms with Gasteiger partial charge in [-0.3, -0.25) is 0 Å². The van der Waals surface area contributed by atoms with Crippen molar-refractivity contribution in [2.24, 2.45) is 0 Å². The first kappa shape index (κ1) is 18.0. The molecule has 0 aliphatic carbocycles. The van der Waals surface area contributed by atoms with Crippen LogP contribution in [0.25, 0.3) is 11.0 Å². The van der Waals surface area contributed by atoms with Gasteiger partial charge in [-0.05, 0) is 42.7 Å². The normalized spacial score (nSPS) is 29.9. The zero-order chi connectivity index (χ0) is 19.4. The Morgan fingerprint density at radius 2 is 2.04 bits per heavy atom. The number of aliphatic hydroxyl groups excluding tert-OH is 2. The van der Waals surface area contributed by atoms with Crippen LogP contribution in [0.3, 0.4) is 0 Å². The largest absolute Gasteiger partial charge is 0.387 e. The maximum absolute atomic E-state index is 10.8. The molecular formula is C20H20ClN3O4. The highest BCUT2D eigenvalue weighted by atomic mass is 35.5. The number of hydrogen-bond acceptors (Lipinski definition) is 6. The van der Waals surface area contributed by atoms with Crippen molar-refractivity contribution in [1.82, 2.24) is 14.5 Å². The summed E-state index contributed by atoms with van der Waals surface area (Å²) in [7, 11) is 0. The van der Waals surface area contributed by atoms with Gasteiger partial charge in [-0.15, -0.1) is 0 Å². The molecular weight excluding hydrogens is 382 g/mol. The second-order valence-corrected chi connectivity index (χ2v) is 7.71. The molecule has 0 amide bonds. The highest BCUT2D eigenvalue weighted by molar-refractivity contribution is 6.30. The average Bonchev–Trinajstić information content (AvgIpc) is 3.24. The molecule has 1 saturated heterocycles. The van der Waals surface area contributed by atoms with Crippen molar-refractivity contribution in [3.63, 3.8) is 0 Å². The molecule has 1 fully saturated rings. The number of benzene rings is 1. The van der Waals surface area contributed by atoms with E-state index in [-0.39, 0.29) is 0 Å². The molecule has 7 nitrogen and oxygen atoms in total. The lowest BCUT2D eigenvalue weighted by atomic mass is 9.92. The molecule has 0 bridgehead atoms. The van der Waals surface area contributed by atoms with E-state index in [1.54, 1.807) is 16.8 Å². The molecule has 8 heteroatoms. The third-order valence-corrected chi connectivity index (χ3v) is 5.87. The Hall–Kier alpha value is -2.03. The van der Waals surface area contributed by atoms with E-state index < -0.39 is 30.6 Å². The van der Waals surface area contributed by atoms with E-state index in [1.165, 1.54) is 6.33 Å². The molecule has 5 rings (SSSR count). The van der Waals surface area contributed by atoms with E-state index in [4.69, 9.17) is 21.1 Å². The number of halogens is 1. The van der Waals surface area contributed by atoms with Crippen molar-refractivity contribution in [3.8, 4) is 0 Å². The lowest BCUT2D eigenvalue weighted by Gasteiger charge is -2.31. The molecule has 3 aromatic rings. The molecule has 4 heterocycles. The fourth-order valence-corrected chi connectivity index (χ4v) is 4.39. The highest BCUT2D eigenvalue weighted by Gasteiger charge is 2.49. The van der Waals surface area contributed by atoms with Crippen molar-refractivity contribution in [3.05, 3.63) is 58.6 Å². The number of fused-ring (bicyclic) bond motifs is 2. The van der Waals surface area contributed by atoms with Gasteiger partial charge >= 0.3 is 0 Å². The minimum atomic E-state index is -1.11. The molecule has 146 valence electrons. The summed E-state index contributed by atoms with van der Waals surface area (Å²) in [5.41, 5.74) is 3.51. The Balaban J connectivity index is 1.50. The summed E-state index contributed by atoms with van der Waals surface area (Å²) in [5.74, 6) is 0. The Morgan fingerprint density at radius 3 is 2.89 bits per heavy atom. The summed E-state index contributed by atoms with van der Waals surface area (Å²) >= 11 is 6.12. The van der Waals surface area contributed by atoms with Crippen LogP contribution < -0.4 is 0 Å².